The molecule has 3 nitrogen and oxygen atoms in total. The zero-order valence-electron chi connectivity index (χ0n) is 6.52. The third kappa shape index (κ3) is 1.92. The van der Waals surface area contributed by atoms with Gasteiger partial charge in [-0.15, -0.1) is 0 Å². The molecule has 12 heavy (non-hydrogen) atoms. The van der Waals surface area contributed by atoms with Crippen molar-refractivity contribution in [2.75, 3.05) is 5.75 Å². The minimum absolute atomic E-state index is 0.0544. The molecular weight excluding hydrogens is 194 g/mol. The predicted octanol–water partition coefficient (Wildman–Crippen LogP) is 1.43. The summed E-state index contributed by atoms with van der Waals surface area (Å²) in [6.07, 6.45) is 1.41. The predicted molar refractivity (Wildman–Crippen MR) is 47.8 cm³/mol. The standard InChI is InChI=1S/C7H8NO2S2/c1-2-12(9,10)7-5-6(11)3-4-8-7/h3-5H,2H2,1H3. The first-order chi connectivity index (χ1) is 5.56. The van der Waals surface area contributed by atoms with Crippen LogP contribution in [0.1, 0.15) is 6.92 Å². The van der Waals surface area contributed by atoms with Gasteiger partial charge in [-0.3, -0.25) is 0 Å². The van der Waals surface area contributed by atoms with E-state index in [9.17, 15) is 8.42 Å². The van der Waals surface area contributed by atoms with Crippen molar-refractivity contribution >= 4 is 22.5 Å². The zero-order chi connectivity index (χ0) is 9.19. The average Bonchev–Trinajstić information content (AvgIpc) is 2.05. The van der Waals surface area contributed by atoms with Gasteiger partial charge in [0.1, 0.15) is 0 Å². The molecule has 0 amide bonds. The van der Waals surface area contributed by atoms with Gasteiger partial charge in [0.15, 0.2) is 14.9 Å². The summed E-state index contributed by atoms with van der Waals surface area (Å²) in [7, 11) is -3.20. The van der Waals surface area contributed by atoms with Crippen LogP contribution in [0.4, 0.5) is 0 Å². The lowest BCUT2D eigenvalue weighted by Crippen LogP contribution is -2.05. The molecule has 1 radical (unpaired) electrons. The number of aromatic nitrogens is 1. The number of sulfone groups is 1. The molecule has 0 N–H and O–H groups in total. The minimum Gasteiger partial charge on any atom is -0.245 e. The summed E-state index contributed by atoms with van der Waals surface area (Å²) in [5, 5.41) is 0.0671. The molecule has 0 saturated carbocycles. The summed E-state index contributed by atoms with van der Waals surface area (Å²) >= 11 is 4.81. The molecule has 1 rings (SSSR count). The lowest BCUT2D eigenvalue weighted by atomic mass is 10.5. The Hall–Kier alpha value is -0.680. The number of hydrogen-bond acceptors (Lipinski definition) is 3. The van der Waals surface area contributed by atoms with E-state index in [1.54, 1.807) is 13.0 Å². The monoisotopic (exact) mass is 202 g/mol. The molecule has 0 aromatic carbocycles. The second-order valence-corrected chi connectivity index (χ2v) is 4.93. The maximum Gasteiger partial charge on any atom is 0.195 e. The van der Waals surface area contributed by atoms with Gasteiger partial charge >= 0.3 is 0 Å². The van der Waals surface area contributed by atoms with Gasteiger partial charge in [0, 0.05) is 11.1 Å². The molecule has 5 heteroatoms. The molecule has 0 aliphatic rings. The molecular formula is C7H8NO2S2. The third-order valence-electron chi connectivity index (χ3n) is 1.40. The largest absolute Gasteiger partial charge is 0.245 e. The first-order valence-corrected chi connectivity index (χ1v) is 5.48. The van der Waals surface area contributed by atoms with Gasteiger partial charge in [-0.05, 0) is 12.1 Å². The fourth-order valence-electron chi connectivity index (χ4n) is 0.709. The molecule has 65 valence electrons. The van der Waals surface area contributed by atoms with E-state index in [1.807, 2.05) is 0 Å². The van der Waals surface area contributed by atoms with Gasteiger partial charge in [-0.1, -0.05) is 19.6 Å². The number of nitrogens with zero attached hydrogens (tertiary/aromatic N) is 1. The van der Waals surface area contributed by atoms with Gasteiger partial charge in [-0.25, -0.2) is 13.4 Å². The summed E-state index contributed by atoms with van der Waals surface area (Å²) in [5.74, 6) is 0.0544. The normalized spacial score (nSPS) is 11.4. The highest BCUT2D eigenvalue weighted by Crippen LogP contribution is 2.11. The van der Waals surface area contributed by atoms with Gasteiger partial charge < -0.3 is 0 Å². The minimum atomic E-state index is -3.20. The maximum absolute atomic E-state index is 11.2. The van der Waals surface area contributed by atoms with E-state index in [0.29, 0.717) is 4.90 Å². The summed E-state index contributed by atoms with van der Waals surface area (Å²) in [6, 6.07) is 2.98. The first kappa shape index (κ1) is 9.41. The molecule has 0 spiro atoms. The zero-order valence-corrected chi connectivity index (χ0v) is 8.15. The summed E-state index contributed by atoms with van der Waals surface area (Å²) in [6.45, 7) is 1.58. The molecule has 0 aliphatic heterocycles. The average molecular weight is 202 g/mol. The molecule has 0 unspecified atom stereocenters. The lowest BCUT2D eigenvalue weighted by molar-refractivity contribution is 0.593. The van der Waals surface area contributed by atoms with Crippen LogP contribution >= 0.6 is 12.6 Å². The van der Waals surface area contributed by atoms with Crippen molar-refractivity contribution < 1.29 is 8.42 Å². The highest BCUT2D eigenvalue weighted by molar-refractivity contribution is 7.91. The summed E-state index contributed by atoms with van der Waals surface area (Å²) in [5.41, 5.74) is 0. The Kier molecular flexibility index (Phi) is 2.64. The SMILES string of the molecule is CCS(=O)(=O)c1cc([S])ccn1. The highest BCUT2D eigenvalue weighted by atomic mass is 32.2. The fraction of sp³-hybridized carbons (Fsp3) is 0.286. The quantitative estimate of drug-likeness (QED) is 0.729. The third-order valence-corrected chi connectivity index (χ3v) is 3.28. The first-order valence-electron chi connectivity index (χ1n) is 3.42. The van der Waals surface area contributed by atoms with E-state index in [4.69, 9.17) is 12.6 Å². The Morgan fingerprint density at radius 2 is 2.25 bits per heavy atom. The number of rotatable bonds is 2. The van der Waals surface area contributed by atoms with Gasteiger partial charge in [0.25, 0.3) is 0 Å². The Bertz CT molecular complexity index is 373. The van der Waals surface area contributed by atoms with Crippen LogP contribution < -0.4 is 0 Å². The van der Waals surface area contributed by atoms with E-state index in [0.717, 1.165) is 0 Å². The maximum atomic E-state index is 11.2. The summed E-state index contributed by atoms with van der Waals surface area (Å²) < 4.78 is 22.5. The van der Waals surface area contributed by atoms with E-state index >= 15 is 0 Å². The van der Waals surface area contributed by atoms with Gasteiger partial charge in [-0.2, -0.15) is 0 Å². The van der Waals surface area contributed by atoms with Crippen LogP contribution in [-0.4, -0.2) is 19.2 Å². The lowest BCUT2D eigenvalue weighted by Gasteiger charge is -1.98. The molecule has 0 aliphatic carbocycles. The Balaban J connectivity index is 3.21. The topological polar surface area (TPSA) is 47.0 Å². The van der Waals surface area contributed by atoms with Crippen molar-refractivity contribution in [2.24, 2.45) is 0 Å². The Labute approximate surface area is 77.2 Å². The van der Waals surface area contributed by atoms with Crippen LogP contribution in [0.2, 0.25) is 0 Å². The van der Waals surface area contributed by atoms with Crippen molar-refractivity contribution in [3.63, 3.8) is 0 Å². The van der Waals surface area contributed by atoms with Crippen molar-refractivity contribution in [1.82, 2.24) is 4.98 Å². The van der Waals surface area contributed by atoms with Crippen molar-refractivity contribution in [2.45, 2.75) is 16.8 Å². The molecule has 0 atom stereocenters. The fourth-order valence-corrected chi connectivity index (χ4v) is 1.78. The van der Waals surface area contributed by atoms with E-state index in [1.165, 1.54) is 12.3 Å². The summed E-state index contributed by atoms with van der Waals surface area (Å²) in [4.78, 5) is 4.22. The molecule has 0 saturated heterocycles. The van der Waals surface area contributed by atoms with Crippen LogP contribution in [0.25, 0.3) is 0 Å². The van der Waals surface area contributed by atoms with Crippen LogP contribution in [-0.2, 0) is 9.84 Å². The van der Waals surface area contributed by atoms with Crippen molar-refractivity contribution in [1.29, 1.82) is 0 Å². The molecule has 1 heterocycles. The van der Waals surface area contributed by atoms with Crippen LogP contribution in [0, 0.1) is 0 Å². The molecule has 0 bridgehead atoms. The van der Waals surface area contributed by atoms with E-state index in [-0.39, 0.29) is 10.8 Å². The molecule has 0 fully saturated rings. The smallest absolute Gasteiger partial charge is 0.195 e. The van der Waals surface area contributed by atoms with Gasteiger partial charge in [0.2, 0.25) is 0 Å². The number of pyridine rings is 1. The second-order valence-electron chi connectivity index (χ2n) is 2.23. The Morgan fingerprint density at radius 1 is 1.58 bits per heavy atom. The highest BCUT2D eigenvalue weighted by Gasteiger charge is 2.12. The molecule has 1 aromatic rings. The second kappa shape index (κ2) is 3.37. The van der Waals surface area contributed by atoms with Crippen molar-refractivity contribution in [3.05, 3.63) is 18.3 Å². The van der Waals surface area contributed by atoms with Crippen LogP contribution in [0.5, 0.6) is 0 Å². The van der Waals surface area contributed by atoms with Gasteiger partial charge in [0.05, 0.1) is 5.75 Å². The van der Waals surface area contributed by atoms with E-state index in [2.05, 4.69) is 4.98 Å². The number of hydrogen-bond donors (Lipinski definition) is 0. The van der Waals surface area contributed by atoms with E-state index < -0.39 is 9.84 Å². The van der Waals surface area contributed by atoms with Crippen LogP contribution in [0.3, 0.4) is 0 Å². The van der Waals surface area contributed by atoms with Crippen molar-refractivity contribution in [3.8, 4) is 0 Å². The molecule has 1 aromatic heterocycles. The van der Waals surface area contributed by atoms with Crippen LogP contribution in [0.15, 0.2) is 28.3 Å². The Morgan fingerprint density at radius 3 is 2.75 bits per heavy atom.